The van der Waals surface area contributed by atoms with Crippen molar-refractivity contribution in [2.45, 2.75) is 0 Å². The molecule has 3 aromatic heterocycles. The van der Waals surface area contributed by atoms with Crippen molar-refractivity contribution in [1.82, 2.24) is 15.0 Å². The van der Waals surface area contributed by atoms with Gasteiger partial charge in [0.05, 0.1) is 11.3 Å². The smallest absolute Gasteiger partial charge is 0.215 e. The molecule has 24 heavy (non-hydrogen) atoms. The van der Waals surface area contributed by atoms with Crippen molar-refractivity contribution < 1.29 is 4.79 Å². The van der Waals surface area contributed by atoms with Crippen LogP contribution in [0.4, 0.5) is 5.82 Å². The number of ketones is 1. The zero-order valence-electron chi connectivity index (χ0n) is 12.7. The quantitative estimate of drug-likeness (QED) is 0.567. The van der Waals surface area contributed by atoms with Crippen LogP contribution in [0, 0.1) is 0 Å². The number of nitrogens with one attached hydrogen (secondary N) is 1. The summed E-state index contributed by atoms with van der Waals surface area (Å²) in [5, 5.41) is 1.07. The van der Waals surface area contributed by atoms with Crippen LogP contribution in [0.25, 0.3) is 22.2 Å². The molecule has 0 saturated carbocycles. The second-order valence-electron chi connectivity index (χ2n) is 5.42. The standard InChI is InChI=1S/C19H14N4O/c20-19-13(6-4-10-21-19)18(24)17-9-3-8-16(23-17)14-11-22-15-7-2-1-5-12(14)15/h1-11,22H,(H2,20,21). The van der Waals surface area contributed by atoms with Crippen molar-refractivity contribution in [2.24, 2.45) is 0 Å². The number of nitrogens with two attached hydrogens (primary N) is 1. The van der Waals surface area contributed by atoms with E-state index in [4.69, 9.17) is 5.73 Å². The maximum atomic E-state index is 12.7. The van der Waals surface area contributed by atoms with Gasteiger partial charge in [-0.3, -0.25) is 4.79 Å². The van der Waals surface area contributed by atoms with E-state index < -0.39 is 0 Å². The summed E-state index contributed by atoms with van der Waals surface area (Å²) < 4.78 is 0. The average Bonchev–Trinajstić information content (AvgIpc) is 3.06. The van der Waals surface area contributed by atoms with Gasteiger partial charge in [0.15, 0.2) is 0 Å². The predicted octanol–water partition coefficient (Wildman–Crippen LogP) is 3.44. The molecule has 0 radical (unpaired) electrons. The summed E-state index contributed by atoms with van der Waals surface area (Å²) in [4.78, 5) is 24.4. The first-order chi connectivity index (χ1) is 11.7. The molecule has 0 unspecified atom stereocenters. The van der Waals surface area contributed by atoms with Crippen LogP contribution in [0.5, 0.6) is 0 Å². The number of carbonyl (C=O) groups is 1. The first-order valence-electron chi connectivity index (χ1n) is 7.53. The lowest BCUT2D eigenvalue weighted by molar-refractivity contribution is 0.103. The van der Waals surface area contributed by atoms with Crippen LogP contribution < -0.4 is 5.73 Å². The lowest BCUT2D eigenvalue weighted by Crippen LogP contribution is -2.08. The number of H-pyrrole nitrogens is 1. The summed E-state index contributed by atoms with van der Waals surface area (Å²) in [6, 6.07) is 16.7. The van der Waals surface area contributed by atoms with Crippen LogP contribution in [-0.4, -0.2) is 20.7 Å². The lowest BCUT2D eigenvalue weighted by Gasteiger charge is -2.05. The number of nitrogen functional groups attached to an aromatic ring is 1. The largest absolute Gasteiger partial charge is 0.383 e. The summed E-state index contributed by atoms with van der Waals surface area (Å²) in [7, 11) is 0. The van der Waals surface area contributed by atoms with Gasteiger partial charge >= 0.3 is 0 Å². The molecule has 0 bridgehead atoms. The molecule has 0 spiro atoms. The summed E-state index contributed by atoms with van der Waals surface area (Å²) in [5.74, 6) is -0.0240. The molecule has 116 valence electrons. The Morgan fingerprint density at radius 3 is 2.75 bits per heavy atom. The van der Waals surface area contributed by atoms with Crippen molar-refractivity contribution >= 4 is 22.5 Å². The zero-order chi connectivity index (χ0) is 16.5. The number of pyridine rings is 2. The van der Waals surface area contributed by atoms with Gasteiger partial charge in [-0.2, -0.15) is 0 Å². The average molecular weight is 314 g/mol. The minimum absolute atomic E-state index is 0.210. The SMILES string of the molecule is Nc1ncccc1C(=O)c1cccc(-c2c[nH]c3ccccc23)n1. The van der Waals surface area contributed by atoms with E-state index in [1.165, 1.54) is 0 Å². The fraction of sp³-hybridized carbons (Fsp3) is 0. The highest BCUT2D eigenvalue weighted by atomic mass is 16.1. The van der Waals surface area contributed by atoms with Gasteiger partial charge in [-0.25, -0.2) is 9.97 Å². The van der Waals surface area contributed by atoms with Gasteiger partial charge in [-0.05, 0) is 30.3 Å². The van der Waals surface area contributed by atoms with E-state index >= 15 is 0 Å². The topological polar surface area (TPSA) is 84.7 Å². The fourth-order valence-electron chi connectivity index (χ4n) is 2.74. The molecular weight excluding hydrogens is 300 g/mol. The van der Waals surface area contributed by atoms with Gasteiger partial charge in [0, 0.05) is 28.9 Å². The molecule has 1 aromatic carbocycles. The molecule has 0 aliphatic rings. The fourth-order valence-corrected chi connectivity index (χ4v) is 2.74. The molecule has 4 rings (SSSR count). The van der Waals surface area contributed by atoms with E-state index in [9.17, 15) is 4.79 Å². The third-order valence-corrected chi connectivity index (χ3v) is 3.93. The van der Waals surface area contributed by atoms with Crippen LogP contribution >= 0.6 is 0 Å². The second-order valence-corrected chi connectivity index (χ2v) is 5.42. The van der Waals surface area contributed by atoms with Crippen molar-refractivity contribution in [2.75, 3.05) is 5.73 Å². The first kappa shape index (κ1) is 14.1. The number of benzene rings is 1. The molecular formula is C19H14N4O. The van der Waals surface area contributed by atoms with Gasteiger partial charge in [0.25, 0.3) is 0 Å². The number of hydrogen-bond acceptors (Lipinski definition) is 4. The van der Waals surface area contributed by atoms with Gasteiger partial charge in [-0.15, -0.1) is 0 Å². The number of nitrogens with zero attached hydrogens (tertiary/aromatic N) is 2. The number of hydrogen-bond donors (Lipinski definition) is 2. The van der Waals surface area contributed by atoms with Crippen molar-refractivity contribution in [1.29, 1.82) is 0 Å². The molecule has 5 heteroatoms. The Labute approximate surface area is 138 Å². The molecule has 0 aliphatic heterocycles. The van der Waals surface area contributed by atoms with Crippen LogP contribution in [0.2, 0.25) is 0 Å². The lowest BCUT2D eigenvalue weighted by atomic mass is 10.1. The van der Waals surface area contributed by atoms with Crippen molar-refractivity contribution in [3.05, 3.63) is 78.2 Å². The number of aromatic amines is 1. The maximum Gasteiger partial charge on any atom is 0.215 e. The van der Waals surface area contributed by atoms with Crippen molar-refractivity contribution in [3.63, 3.8) is 0 Å². The molecule has 0 amide bonds. The van der Waals surface area contributed by atoms with Crippen LogP contribution in [0.15, 0.2) is 67.0 Å². The Morgan fingerprint density at radius 1 is 1.00 bits per heavy atom. The van der Waals surface area contributed by atoms with E-state index in [-0.39, 0.29) is 11.6 Å². The monoisotopic (exact) mass is 314 g/mol. The molecule has 3 N–H and O–H groups in total. The molecule has 5 nitrogen and oxygen atoms in total. The Balaban J connectivity index is 1.80. The predicted molar refractivity (Wildman–Crippen MR) is 93.6 cm³/mol. The Bertz CT molecular complexity index is 1050. The van der Waals surface area contributed by atoms with Gasteiger partial charge in [-0.1, -0.05) is 24.3 Å². The molecule has 0 aliphatic carbocycles. The maximum absolute atomic E-state index is 12.7. The molecule has 4 aromatic rings. The normalized spacial score (nSPS) is 10.8. The Hall–Kier alpha value is -3.47. The van der Waals surface area contributed by atoms with E-state index in [0.717, 1.165) is 22.2 Å². The highest BCUT2D eigenvalue weighted by Crippen LogP contribution is 2.27. The highest BCUT2D eigenvalue weighted by Gasteiger charge is 2.15. The van der Waals surface area contributed by atoms with E-state index in [1.54, 1.807) is 24.4 Å². The minimum atomic E-state index is -0.234. The van der Waals surface area contributed by atoms with Crippen molar-refractivity contribution in [3.8, 4) is 11.3 Å². The Morgan fingerprint density at radius 2 is 1.88 bits per heavy atom. The van der Waals surface area contributed by atoms with Gasteiger partial charge in [0.2, 0.25) is 5.78 Å². The number of fused-ring (bicyclic) bond motifs is 1. The summed E-state index contributed by atoms with van der Waals surface area (Å²) in [6.07, 6.45) is 3.46. The van der Waals surface area contributed by atoms with E-state index in [2.05, 4.69) is 15.0 Å². The third-order valence-electron chi connectivity index (χ3n) is 3.93. The molecule has 3 heterocycles. The Kier molecular flexibility index (Phi) is 3.31. The first-order valence-corrected chi connectivity index (χ1v) is 7.53. The number of anilines is 1. The number of aromatic nitrogens is 3. The van der Waals surface area contributed by atoms with Crippen LogP contribution in [0.1, 0.15) is 16.1 Å². The zero-order valence-corrected chi connectivity index (χ0v) is 12.7. The van der Waals surface area contributed by atoms with E-state index in [1.807, 2.05) is 42.6 Å². The number of rotatable bonds is 3. The van der Waals surface area contributed by atoms with E-state index in [0.29, 0.717) is 11.3 Å². The van der Waals surface area contributed by atoms with Crippen LogP contribution in [-0.2, 0) is 0 Å². The van der Waals surface area contributed by atoms with Gasteiger partial charge < -0.3 is 10.7 Å². The molecule has 0 saturated heterocycles. The summed E-state index contributed by atoms with van der Waals surface area (Å²) >= 11 is 0. The molecule has 0 fully saturated rings. The second kappa shape index (κ2) is 5.62. The number of para-hydroxylation sites is 1. The summed E-state index contributed by atoms with van der Waals surface area (Å²) in [5.41, 5.74) is 9.23. The summed E-state index contributed by atoms with van der Waals surface area (Å²) in [6.45, 7) is 0. The van der Waals surface area contributed by atoms with Crippen LogP contribution in [0.3, 0.4) is 0 Å². The molecule has 0 atom stereocenters. The van der Waals surface area contributed by atoms with Gasteiger partial charge in [0.1, 0.15) is 11.5 Å². The minimum Gasteiger partial charge on any atom is -0.383 e. The third kappa shape index (κ3) is 2.32. The highest BCUT2D eigenvalue weighted by molar-refractivity contribution is 6.10. The number of carbonyl (C=O) groups excluding carboxylic acids is 1.